The Kier molecular flexibility index (Phi) is 4.34. The van der Waals surface area contributed by atoms with Crippen LogP contribution in [0.25, 0.3) is 0 Å². The number of aromatic hydroxyl groups is 2. The van der Waals surface area contributed by atoms with E-state index < -0.39 is 27.1 Å². The Morgan fingerprint density at radius 3 is 2.24 bits per heavy atom. The van der Waals surface area contributed by atoms with Gasteiger partial charge < -0.3 is 10.2 Å². The second kappa shape index (κ2) is 5.87. The van der Waals surface area contributed by atoms with Gasteiger partial charge in [0.25, 0.3) is 0 Å². The summed E-state index contributed by atoms with van der Waals surface area (Å²) in [4.78, 5) is 12.0. The maximum Gasteiger partial charge on any atom is 0.185 e. The number of phenols is 2. The summed E-state index contributed by atoms with van der Waals surface area (Å²) < 4.78 is 25.0. The summed E-state index contributed by atoms with van der Waals surface area (Å²) in [7, 11) is -3.80. The fourth-order valence-corrected chi connectivity index (χ4v) is 3.21. The minimum Gasteiger partial charge on any atom is -0.508 e. The van der Waals surface area contributed by atoms with Crippen molar-refractivity contribution < 1.29 is 23.4 Å². The van der Waals surface area contributed by atoms with Gasteiger partial charge >= 0.3 is 0 Å². The molecule has 0 amide bonds. The monoisotopic (exact) mass is 370 g/mol. The number of sulfone groups is 1. The number of hydrogen-bond donors (Lipinski definition) is 2. The predicted molar refractivity (Wildman–Crippen MR) is 80.3 cm³/mol. The van der Waals surface area contributed by atoms with E-state index in [1.54, 1.807) is 12.1 Å². The second-order valence-electron chi connectivity index (χ2n) is 4.34. The molecule has 0 bridgehead atoms. The Hall–Kier alpha value is -1.86. The fraction of sp³-hybridized carbons (Fsp3) is 0.0714. The lowest BCUT2D eigenvalue weighted by Crippen LogP contribution is -2.16. The molecule has 2 N–H and O–H groups in total. The molecule has 0 aliphatic heterocycles. The Bertz CT molecular complexity index is 782. The smallest absolute Gasteiger partial charge is 0.185 e. The lowest BCUT2D eigenvalue weighted by molar-refractivity contribution is 0.101. The molecule has 0 unspecified atom stereocenters. The molecule has 0 spiro atoms. The van der Waals surface area contributed by atoms with E-state index in [1.165, 1.54) is 24.3 Å². The van der Waals surface area contributed by atoms with E-state index >= 15 is 0 Å². The van der Waals surface area contributed by atoms with Gasteiger partial charge in [0, 0.05) is 10.5 Å². The van der Waals surface area contributed by atoms with Crippen molar-refractivity contribution in [2.45, 2.75) is 4.90 Å². The maximum atomic E-state index is 12.1. The number of phenolic OH excluding ortho intramolecular Hbond substituents is 2. The molecule has 5 nitrogen and oxygen atoms in total. The van der Waals surface area contributed by atoms with E-state index in [0.717, 1.165) is 10.5 Å². The number of carbonyl (C=O) groups excluding carboxylic acids is 1. The zero-order valence-corrected chi connectivity index (χ0v) is 13.1. The van der Waals surface area contributed by atoms with Gasteiger partial charge in [-0.15, -0.1) is 0 Å². The maximum absolute atomic E-state index is 12.1. The van der Waals surface area contributed by atoms with Crippen molar-refractivity contribution in [2.24, 2.45) is 0 Å². The van der Waals surface area contributed by atoms with Gasteiger partial charge in [-0.2, -0.15) is 0 Å². The van der Waals surface area contributed by atoms with E-state index in [2.05, 4.69) is 15.9 Å². The van der Waals surface area contributed by atoms with Crippen LogP contribution in [0, 0.1) is 0 Å². The van der Waals surface area contributed by atoms with E-state index in [-0.39, 0.29) is 16.2 Å². The SMILES string of the molecule is O=C(CS(=O)(=O)c1ccc(Br)cc1)c1ccc(O)cc1O. The van der Waals surface area contributed by atoms with Gasteiger partial charge in [-0.1, -0.05) is 15.9 Å². The first kappa shape index (κ1) is 15.5. The normalized spacial score (nSPS) is 11.3. The van der Waals surface area contributed by atoms with Gasteiger partial charge in [0.1, 0.15) is 17.3 Å². The molecule has 2 rings (SSSR count). The van der Waals surface area contributed by atoms with Crippen molar-refractivity contribution in [3.63, 3.8) is 0 Å². The predicted octanol–water partition coefficient (Wildman–Crippen LogP) is 2.52. The third-order valence-corrected chi connectivity index (χ3v) is 4.94. The van der Waals surface area contributed by atoms with Gasteiger partial charge in [0.15, 0.2) is 15.6 Å². The summed E-state index contributed by atoms with van der Waals surface area (Å²) in [6.07, 6.45) is 0. The van der Waals surface area contributed by atoms with Crippen LogP contribution in [0.5, 0.6) is 11.5 Å². The van der Waals surface area contributed by atoms with Crippen LogP contribution in [0.15, 0.2) is 51.8 Å². The van der Waals surface area contributed by atoms with Crippen molar-refractivity contribution in [1.82, 2.24) is 0 Å². The molecule has 0 radical (unpaired) electrons. The molecule has 21 heavy (non-hydrogen) atoms. The number of Topliss-reactive ketones (excluding diaryl/α,β-unsaturated/α-hetero) is 1. The molecule has 7 heteroatoms. The molecule has 0 fully saturated rings. The first-order valence-electron chi connectivity index (χ1n) is 5.83. The zero-order chi connectivity index (χ0) is 15.6. The molecule has 0 atom stereocenters. The van der Waals surface area contributed by atoms with Gasteiger partial charge in [0.05, 0.1) is 10.5 Å². The largest absolute Gasteiger partial charge is 0.508 e. The highest BCUT2D eigenvalue weighted by Crippen LogP contribution is 2.24. The van der Waals surface area contributed by atoms with Crippen LogP contribution in [0.2, 0.25) is 0 Å². The van der Waals surface area contributed by atoms with Crippen molar-refractivity contribution in [2.75, 3.05) is 5.75 Å². The minimum atomic E-state index is -3.80. The van der Waals surface area contributed by atoms with E-state index in [4.69, 9.17) is 5.11 Å². The summed E-state index contributed by atoms with van der Waals surface area (Å²) in [5.41, 5.74) is -0.145. The highest BCUT2D eigenvalue weighted by atomic mass is 79.9. The summed E-state index contributed by atoms with van der Waals surface area (Å²) in [6.45, 7) is 0. The quantitative estimate of drug-likeness (QED) is 0.806. The van der Waals surface area contributed by atoms with Crippen LogP contribution in [0.1, 0.15) is 10.4 Å². The Morgan fingerprint density at radius 1 is 1.05 bits per heavy atom. The standard InChI is InChI=1S/C14H11BrO5S/c15-9-1-4-11(5-2-9)21(19,20)8-14(18)12-6-3-10(16)7-13(12)17/h1-7,16-17H,8H2. The Balaban J connectivity index is 2.28. The van der Waals surface area contributed by atoms with Crippen LogP contribution in [0.3, 0.4) is 0 Å². The molecule has 0 saturated carbocycles. The third kappa shape index (κ3) is 3.62. The number of carbonyl (C=O) groups is 1. The summed E-state index contributed by atoms with van der Waals surface area (Å²) in [6, 6.07) is 9.29. The van der Waals surface area contributed by atoms with Crippen molar-refractivity contribution in [3.8, 4) is 11.5 Å². The van der Waals surface area contributed by atoms with Gasteiger partial charge in [-0.05, 0) is 36.4 Å². The fourth-order valence-electron chi connectivity index (χ4n) is 1.73. The topological polar surface area (TPSA) is 91.7 Å². The van der Waals surface area contributed by atoms with Crippen LogP contribution in [0.4, 0.5) is 0 Å². The van der Waals surface area contributed by atoms with E-state index in [9.17, 15) is 18.3 Å². The minimum absolute atomic E-state index is 0.0253. The molecular weight excluding hydrogens is 360 g/mol. The summed E-state index contributed by atoms with van der Waals surface area (Å²) >= 11 is 3.20. The lowest BCUT2D eigenvalue weighted by atomic mass is 10.1. The molecule has 0 aromatic heterocycles. The Labute approximate surface area is 129 Å². The molecule has 110 valence electrons. The van der Waals surface area contributed by atoms with Gasteiger partial charge in [-0.3, -0.25) is 4.79 Å². The highest BCUT2D eigenvalue weighted by molar-refractivity contribution is 9.10. The van der Waals surface area contributed by atoms with Crippen LogP contribution in [-0.2, 0) is 9.84 Å². The molecule has 2 aromatic carbocycles. The zero-order valence-electron chi connectivity index (χ0n) is 10.7. The molecule has 2 aromatic rings. The van der Waals surface area contributed by atoms with Gasteiger partial charge in [0.2, 0.25) is 0 Å². The number of benzene rings is 2. The average Bonchev–Trinajstić information content (AvgIpc) is 2.38. The Morgan fingerprint density at radius 2 is 1.67 bits per heavy atom. The molecular formula is C14H11BrO5S. The second-order valence-corrected chi connectivity index (χ2v) is 7.24. The first-order valence-corrected chi connectivity index (χ1v) is 8.27. The number of ketones is 1. The molecule has 0 aliphatic carbocycles. The van der Waals surface area contributed by atoms with Crippen molar-refractivity contribution in [3.05, 3.63) is 52.5 Å². The van der Waals surface area contributed by atoms with Crippen LogP contribution < -0.4 is 0 Å². The van der Waals surface area contributed by atoms with Crippen LogP contribution >= 0.6 is 15.9 Å². The number of rotatable bonds is 4. The first-order chi connectivity index (χ1) is 9.79. The van der Waals surface area contributed by atoms with Crippen LogP contribution in [-0.4, -0.2) is 30.2 Å². The average molecular weight is 371 g/mol. The van der Waals surface area contributed by atoms with Gasteiger partial charge in [-0.25, -0.2) is 8.42 Å². The molecule has 0 aliphatic rings. The molecule has 0 saturated heterocycles. The molecule has 0 heterocycles. The number of hydrogen-bond acceptors (Lipinski definition) is 5. The van der Waals surface area contributed by atoms with E-state index in [1.807, 2.05) is 0 Å². The van der Waals surface area contributed by atoms with Crippen molar-refractivity contribution >= 4 is 31.6 Å². The number of halogens is 1. The van der Waals surface area contributed by atoms with E-state index in [0.29, 0.717) is 0 Å². The lowest BCUT2D eigenvalue weighted by Gasteiger charge is -2.06. The summed E-state index contributed by atoms with van der Waals surface area (Å²) in [5, 5.41) is 18.7. The highest BCUT2D eigenvalue weighted by Gasteiger charge is 2.22. The van der Waals surface area contributed by atoms with Crippen molar-refractivity contribution in [1.29, 1.82) is 0 Å². The summed E-state index contributed by atoms with van der Waals surface area (Å²) in [5.74, 6) is -2.16. The third-order valence-electron chi connectivity index (χ3n) is 2.78.